The average molecular weight is 504 g/mol. The second-order valence-electron chi connectivity index (χ2n) is 8.99. The molecule has 1 amide bonds. The highest BCUT2D eigenvalue weighted by molar-refractivity contribution is 6.35. The summed E-state index contributed by atoms with van der Waals surface area (Å²) in [7, 11) is 0. The van der Waals surface area contributed by atoms with Crippen molar-refractivity contribution < 1.29 is 9.18 Å². The molecule has 7 nitrogen and oxygen atoms in total. The number of anilines is 1. The Hall–Kier alpha value is -2.68. The predicted molar refractivity (Wildman–Crippen MR) is 131 cm³/mol. The summed E-state index contributed by atoms with van der Waals surface area (Å²) in [4.78, 5) is 34.3. The minimum Gasteiger partial charge on any atom is -0.374 e. The molecule has 3 aromatic rings. The summed E-state index contributed by atoms with van der Waals surface area (Å²) in [6, 6.07) is 5.53. The second-order valence-corrected chi connectivity index (χ2v) is 9.83. The van der Waals surface area contributed by atoms with Gasteiger partial charge in [0, 0.05) is 16.6 Å². The van der Waals surface area contributed by atoms with Crippen molar-refractivity contribution in [3.8, 4) is 0 Å². The maximum absolute atomic E-state index is 14.7. The van der Waals surface area contributed by atoms with E-state index in [1.165, 1.54) is 6.07 Å². The number of H-pyrrole nitrogens is 1. The van der Waals surface area contributed by atoms with Gasteiger partial charge in [-0.1, -0.05) is 23.2 Å². The molecule has 2 aliphatic rings. The van der Waals surface area contributed by atoms with Crippen LogP contribution in [0.25, 0.3) is 10.9 Å². The first-order chi connectivity index (χ1) is 16.2. The molecule has 0 spiro atoms. The van der Waals surface area contributed by atoms with E-state index in [1.807, 2.05) is 13.0 Å². The molecule has 10 heteroatoms. The SMILES string of the molecule is CC1c2c(Cl)cc(Cl)cc2CCN1C(=O)CNc1cc2nc([C@H](N)C3CC3)[nH]c(=O)c2cc1F. The highest BCUT2D eigenvalue weighted by Crippen LogP contribution is 2.39. The first kappa shape index (κ1) is 23.1. The minimum absolute atomic E-state index is 0.0970. The van der Waals surface area contributed by atoms with E-state index in [1.54, 1.807) is 11.0 Å². The summed E-state index contributed by atoms with van der Waals surface area (Å²) in [6.45, 7) is 2.29. The first-order valence-corrected chi connectivity index (χ1v) is 12.0. The van der Waals surface area contributed by atoms with Crippen molar-refractivity contribution in [1.29, 1.82) is 0 Å². The Morgan fingerprint density at radius 2 is 2.09 bits per heavy atom. The maximum Gasteiger partial charge on any atom is 0.258 e. The normalized spacial score (nSPS) is 18.6. The van der Waals surface area contributed by atoms with E-state index in [0.717, 1.165) is 30.0 Å². The average Bonchev–Trinajstić information content (AvgIpc) is 3.62. The van der Waals surface area contributed by atoms with Crippen molar-refractivity contribution >= 4 is 45.7 Å². The maximum atomic E-state index is 14.7. The second kappa shape index (κ2) is 8.83. The van der Waals surface area contributed by atoms with Gasteiger partial charge in [-0.25, -0.2) is 9.37 Å². The Morgan fingerprint density at radius 3 is 2.82 bits per heavy atom. The number of rotatable bonds is 5. The fourth-order valence-electron chi connectivity index (χ4n) is 4.67. The number of carbonyl (C=O) groups excluding carboxylic acids is 1. The summed E-state index contributed by atoms with van der Waals surface area (Å²) in [5.41, 5.74) is 8.08. The number of nitrogens with one attached hydrogen (secondary N) is 2. The van der Waals surface area contributed by atoms with Crippen molar-refractivity contribution in [2.75, 3.05) is 18.4 Å². The van der Waals surface area contributed by atoms with Gasteiger partial charge in [-0.2, -0.15) is 0 Å². The molecule has 2 aromatic carbocycles. The van der Waals surface area contributed by atoms with Crippen molar-refractivity contribution in [1.82, 2.24) is 14.9 Å². The standard InChI is InChI=1S/C24H24Cl2FN5O2/c1-11-21-13(6-14(25)7-16(21)26)4-5-32(11)20(33)10-29-19-9-18-15(8-17(19)27)24(34)31-23(30-18)22(28)12-2-3-12/h6-9,11-12,22,29H,2-5,10,28H2,1H3,(H,30,31,34)/t11?,22-/m1/s1. The van der Waals surface area contributed by atoms with Crippen LogP contribution >= 0.6 is 23.2 Å². The van der Waals surface area contributed by atoms with E-state index >= 15 is 0 Å². The number of carbonyl (C=O) groups is 1. The largest absolute Gasteiger partial charge is 0.374 e. The minimum atomic E-state index is -0.637. The van der Waals surface area contributed by atoms with Gasteiger partial charge >= 0.3 is 0 Å². The van der Waals surface area contributed by atoms with Crippen LogP contribution in [-0.2, 0) is 11.2 Å². The number of amides is 1. The lowest BCUT2D eigenvalue weighted by atomic mass is 9.93. The molecule has 1 fully saturated rings. The molecule has 1 saturated carbocycles. The van der Waals surface area contributed by atoms with Crippen LogP contribution in [0.2, 0.25) is 10.0 Å². The van der Waals surface area contributed by atoms with Crippen LogP contribution in [0.3, 0.4) is 0 Å². The number of hydrogen-bond acceptors (Lipinski definition) is 5. The number of aromatic nitrogens is 2. The van der Waals surface area contributed by atoms with Gasteiger partial charge in [0.15, 0.2) is 0 Å². The Bertz CT molecular complexity index is 1360. The molecule has 1 aromatic heterocycles. The summed E-state index contributed by atoms with van der Waals surface area (Å²) < 4.78 is 14.7. The van der Waals surface area contributed by atoms with Gasteiger partial charge in [0.2, 0.25) is 5.91 Å². The van der Waals surface area contributed by atoms with Gasteiger partial charge in [-0.3, -0.25) is 9.59 Å². The number of benzene rings is 2. The van der Waals surface area contributed by atoms with Crippen molar-refractivity contribution in [3.05, 3.63) is 67.4 Å². The highest BCUT2D eigenvalue weighted by Gasteiger charge is 2.32. The quantitative estimate of drug-likeness (QED) is 0.480. The van der Waals surface area contributed by atoms with E-state index in [2.05, 4.69) is 15.3 Å². The van der Waals surface area contributed by atoms with Gasteiger partial charge in [-0.05, 0) is 67.5 Å². The summed E-state index contributed by atoms with van der Waals surface area (Å²) in [6.07, 6.45) is 2.63. The monoisotopic (exact) mass is 503 g/mol. The van der Waals surface area contributed by atoms with E-state index in [-0.39, 0.29) is 35.6 Å². The molecule has 2 heterocycles. The smallest absolute Gasteiger partial charge is 0.258 e. The number of nitrogens with zero attached hydrogens (tertiary/aromatic N) is 2. The molecule has 0 saturated heterocycles. The van der Waals surface area contributed by atoms with Crippen LogP contribution < -0.4 is 16.6 Å². The molecule has 5 rings (SSSR count). The summed E-state index contributed by atoms with van der Waals surface area (Å²) in [5.74, 6) is -0.135. The van der Waals surface area contributed by atoms with Crippen LogP contribution in [0.5, 0.6) is 0 Å². The molecule has 1 unspecified atom stereocenters. The molecule has 0 bridgehead atoms. The van der Waals surface area contributed by atoms with E-state index < -0.39 is 11.4 Å². The van der Waals surface area contributed by atoms with Gasteiger partial charge in [0.1, 0.15) is 11.6 Å². The van der Waals surface area contributed by atoms with Gasteiger partial charge in [0.25, 0.3) is 5.56 Å². The van der Waals surface area contributed by atoms with Crippen LogP contribution in [0.15, 0.2) is 29.1 Å². The van der Waals surface area contributed by atoms with Crippen LogP contribution in [0, 0.1) is 11.7 Å². The zero-order chi connectivity index (χ0) is 24.1. The third-order valence-corrected chi connectivity index (χ3v) is 7.23. The van der Waals surface area contributed by atoms with Crippen molar-refractivity contribution in [2.45, 2.75) is 38.3 Å². The van der Waals surface area contributed by atoms with Crippen LogP contribution in [0.4, 0.5) is 10.1 Å². The third-order valence-electron chi connectivity index (χ3n) is 6.70. The molecule has 34 heavy (non-hydrogen) atoms. The Kier molecular flexibility index (Phi) is 6.00. The Labute approximate surface area is 205 Å². The molecule has 178 valence electrons. The van der Waals surface area contributed by atoms with Gasteiger partial charge < -0.3 is 20.9 Å². The van der Waals surface area contributed by atoms with E-state index in [4.69, 9.17) is 28.9 Å². The zero-order valence-electron chi connectivity index (χ0n) is 18.5. The Balaban J connectivity index is 1.35. The number of fused-ring (bicyclic) bond motifs is 2. The van der Waals surface area contributed by atoms with Crippen LogP contribution in [-0.4, -0.2) is 33.9 Å². The van der Waals surface area contributed by atoms with Gasteiger partial charge in [0.05, 0.1) is 35.2 Å². The van der Waals surface area contributed by atoms with Crippen molar-refractivity contribution in [3.63, 3.8) is 0 Å². The predicted octanol–water partition coefficient (Wildman–Crippen LogP) is 4.34. The summed E-state index contributed by atoms with van der Waals surface area (Å²) in [5, 5.41) is 4.10. The first-order valence-electron chi connectivity index (χ1n) is 11.2. The highest BCUT2D eigenvalue weighted by atomic mass is 35.5. The molecule has 1 aliphatic heterocycles. The lowest BCUT2D eigenvalue weighted by molar-refractivity contribution is -0.131. The molecule has 2 atom stereocenters. The molecule has 1 aliphatic carbocycles. The fraction of sp³-hybridized carbons (Fsp3) is 0.375. The molecular formula is C24H24Cl2FN5O2. The number of hydrogen-bond donors (Lipinski definition) is 3. The summed E-state index contributed by atoms with van der Waals surface area (Å²) >= 11 is 12.5. The van der Waals surface area contributed by atoms with Gasteiger partial charge in [-0.15, -0.1) is 0 Å². The van der Waals surface area contributed by atoms with Crippen molar-refractivity contribution in [2.24, 2.45) is 11.7 Å². The lowest BCUT2D eigenvalue weighted by Crippen LogP contribution is -2.42. The lowest BCUT2D eigenvalue weighted by Gasteiger charge is -2.36. The number of halogens is 3. The van der Waals surface area contributed by atoms with E-state index in [0.29, 0.717) is 40.3 Å². The molecule has 4 N–H and O–H groups in total. The fourth-order valence-corrected chi connectivity index (χ4v) is 5.36. The zero-order valence-corrected chi connectivity index (χ0v) is 20.0. The molecular weight excluding hydrogens is 480 g/mol. The number of nitrogens with two attached hydrogens (primary N) is 1. The molecule has 0 radical (unpaired) electrons. The third kappa shape index (κ3) is 4.26. The topological polar surface area (TPSA) is 104 Å². The Morgan fingerprint density at radius 1 is 1.32 bits per heavy atom. The van der Waals surface area contributed by atoms with E-state index in [9.17, 15) is 14.0 Å². The number of aromatic amines is 1. The van der Waals surface area contributed by atoms with Crippen LogP contribution in [0.1, 0.15) is 48.8 Å².